The lowest BCUT2D eigenvalue weighted by Gasteiger charge is -2.40. The number of hydrogen-bond donors (Lipinski definition) is 0. The summed E-state index contributed by atoms with van der Waals surface area (Å²) in [7, 11) is 0. The fourth-order valence-electron chi connectivity index (χ4n) is 3.95. The molecule has 9 nitrogen and oxygen atoms in total. The Labute approximate surface area is 204 Å². The fourth-order valence-corrected chi connectivity index (χ4v) is 3.95. The van der Waals surface area contributed by atoms with Gasteiger partial charge in [-0.1, -0.05) is 51.1 Å². The second kappa shape index (κ2) is 12.5. The molecule has 190 valence electrons. The summed E-state index contributed by atoms with van der Waals surface area (Å²) in [5, 5.41) is 0. The van der Waals surface area contributed by atoms with Crippen LogP contribution in [0.4, 0.5) is 0 Å². The largest absolute Gasteiger partial charge is 0.456 e. The van der Waals surface area contributed by atoms with Crippen molar-refractivity contribution in [2.24, 2.45) is 0 Å². The molecule has 1 saturated heterocycles. The number of carbonyl (C=O) groups excluding carboxylic acids is 4. The van der Waals surface area contributed by atoms with Crippen LogP contribution in [0.3, 0.4) is 0 Å². The zero-order valence-electron chi connectivity index (χ0n) is 20.3. The number of hydrogen-bond acceptors (Lipinski definition) is 9. The molecule has 4 atom stereocenters. The molecule has 35 heavy (non-hydrogen) atoms. The van der Waals surface area contributed by atoms with Crippen molar-refractivity contribution in [3.8, 4) is 0 Å². The molecule has 0 aromatic heterocycles. The minimum absolute atomic E-state index is 0.0403. The third kappa shape index (κ3) is 6.91. The predicted molar refractivity (Wildman–Crippen MR) is 124 cm³/mol. The van der Waals surface area contributed by atoms with E-state index in [9.17, 15) is 19.2 Å². The van der Waals surface area contributed by atoms with E-state index < -0.39 is 48.5 Å². The van der Waals surface area contributed by atoms with Crippen molar-refractivity contribution in [1.82, 2.24) is 0 Å². The Kier molecular flexibility index (Phi) is 9.42. The Morgan fingerprint density at radius 1 is 0.829 bits per heavy atom. The van der Waals surface area contributed by atoms with Gasteiger partial charge in [-0.3, -0.25) is 19.2 Å². The van der Waals surface area contributed by atoms with Crippen molar-refractivity contribution in [2.75, 3.05) is 6.61 Å². The van der Waals surface area contributed by atoms with Crippen molar-refractivity contribution >= 4 is 29.5 Å². The number of rotatable bonds is 10. The average molecular weight is 489 g/mol. The monoisotopic (exact) mass is 488 g/mol. The molecule has 1 aliphatic heterocycles. The summed E-state index contributed by atoms with van der Waals surface area (Å²) >= 11 is 0. The van der Waals surface area contributed by atoms with Crippen LogP contribution in [-0.2, 0) is 49.3 Å². The molecule has 1 fully saturated rings. The fraction of sp³-hybridized carbons (Fsp3) is 0.538. The van der Waals surface area contributed by atoms with Crippen LogP contribution in [0, 0.1) is 0 Å². The molecule has 0 radical (unpaired) electrons. The quantitative estimate of drug-likeness (QED) is 0.361. The number of ether oxygens (including phenoxy) is 5. The molecule has 1 heterocycles. The van der Waals surface area contributed by atoms with Gasteiger partial charge in [0.1, 0.15) is 0 Å². The van der Waals surface area contributed by atoms with Crippen LogP contribution in [0.25, 0.3) is 5.57 Å². The lowest BCUT2D eigenvalue weighted by Crippen LogP contribution is -2.58. The Morgan fingerprint density at radius 3 is 2.14 bits per heavy atom. The molecule has 0 N–H and O–H groups in total. The van der Waals surface area contributed by atoms with Crippen LogP contribution in [0.1, 0.15) is 64.0 Å². The second-order valence-corrected chi connectivity index (χ2v) is 8.28. The van der Waals surface area contributed by atoms with Gasteiger partial charge in [0.05, 0.1) is 6.61 Å². The SMILES string of the molecule is CCC(=O)O[C@H]1[C@@H](OC(=O)CC)COC(OC(=O)CCC2=CCc3ccccc32)[C@@H]1OC(=O)CC. The van der Waals surface area contributed by atoms with Crippen LogP contribution < -0.4 is 0 Å². The van der Waals surface area contributed by atoms with Crippen LogP contribution in [0.15, 0.2) is 30.3 Å². The lowest BCUT2D eigenvalue weighted by molar-refractivity contribution is -0.275. The number of allylic oxidation sites excluding steroid dienone is 2. The third-order valence-electron chi connectivity index (χ3n) is 5.84. The van der Waals surface area contributed by atoms with E-state index in [-0.39, 0.29) is 32.3 Å². The van der Waals surface area contributed by atoms with Crippen molar-refractivity contribution < 1.29 is 42.9 Å². The van der Waals surface area contributed by atoms with Crippen molar-refractivity contribution in [3.05, 3.63) is 41.5 Å². The van der Waals surface area contributed by atoms with Crippen molar-refractivity contribution in [2.45, 2.75) is 83.9 Å². The van der Waals surface area contributed by atoms with E-state index in [1.165, 1.54) is 5.56 Å². The predicted octanol–water partition coefficient (Wildman–Crippen LogP) is 3.27. The molecule has 0 amide bonds. The van der Waals surface area contributed by atoms with Gasteiger partial charge in [0.25, 0.3) is 0 Å². The van der Waals surface area contributed by atoms with E-state index in [1.54, 1.807) is 20.8 Å². The van der Waals surface area contributed by atoms with E-state index in [4.69, 9.17) is 23.7 Å². The molecule has 1 unspecified atom stereocenters. The molecule has 3 rings (SSSR count). The molecular weight excluding hydrogens is 456 g/mol. The van der Waals surface area contributed by atoms with Crippen LogP contribution in [-0.4, -0.2) is 55.1 Å². The van der Waals surface area contributed by atoms with Crippen LogP contribution in [0.2, 0.25) is 0 Å². The van der Waals surface area contributed by atoms with Crippen LogP contribution in [0.5, 0.6) is 0 Å². The van der Waals surface area contributed by atoms with E-state index in [2.05, 4.69) is 12.1 Å². The summed E-state index contributed by atoms with van der Waals surface area (Å²) in [6.07, 6.45) is -1.10. The molecule has 9 heteroatoms. The smallest absolute Gasteiger partial charge is 0.308 e. The topological polar surface area (TPSA) is 114 Å². The summed E-state index contributed by atoms with van der Waals surface area (Å²) in [5.41, 5.74) is 3.40. The first-order chi connectivity index (χ1) is 16.9. The minimum atomic E-state index is -1.31. The van der Waals surface area contributed by atoms with Crippen molar-refractivity contribution in [3.63, 3.8) is 0 Å². The number of fused-ring (bicyclic) bond motifs is 1. The maximum atomic E-state index is 12.7. The number of benzene rings is 1. The van der Waals surface area contributed by atoms with Gasteiger partial charge < -0.3 is 23.7 Å². The van der Waals surface area contributed by atoms with Gasteiger partial charge in [0.15, 0.2) is 12.2 Å². The highest BCUT2D eigenvalue weighted by Crippen LogP contribution is 2.31. The lowest BCUT2D eigenvalue weighted by atomic mass is 10.0. The Bertz CT molecular complexity index is 967. The highest BCUT2D eigenvalue weighted by molar-refractivity contribution is 5.78. The van der Waals surface area contributed by atoms with Gasteiger partial charge in [-0.2, -0.15) is 0 Å². The molecular formula is C26H32O9. The van der Waals surface area contributed by atoms with Gasteiger partial charge in [0, 0.05) is 25.7 Å². The summed E-state index contributed by atoms with van der Waals surface area (Å²) in [5.74, 6) is -2.27. The van der Waals surface area contributed by atoms with E-state index in [1.807, 2.05) is 18.2 Å². The summed E-state index contributed by atoms with van der Waals surface area (Å²) in [6, 6.07) is 8.01. The minimum Gasteiger partial charge on any atom is -0.456 e. The molecule has 0 bridgehead atoms. The standard InChI is InChI=1S/C26H32O9/c1-4-20(27)32-19-15-31-26(25(34-22(29)6-3)24(19)33-21(28)5-2)35-23(30)14-13-17-12-11-16-9-7-8-10-18(16)17/h7-10,12,19,24-26H,4-6,11,13-15H2,1-3H3/t19-,24-,25+,26?/m0/s1. The van der Waals surface area contributed by atoms with E-state index in [0.717, 1.165) is 17.6 Å². The third-order valence-corrected chi connectivity index (χ3v) is 5.84. The Morgan fingerprint density at radius 2 is 1.46 bits per heavy atom. The molecule has 1 aliphatic carbocycles. The first kappa shape index (κ1) is 26.4. The van der Waals surface area contributed by atoms with E-state index in [0.29, 0.717) is 6.42 Å². The van der Waals surface area contributed by atoms with Gasteiger partial charge >= 0.3 is 23.9 Å². The molecule has 1 aromatic rings. The summed E-state index contributed by atoms with van der Waals surface area (Å²) in [6.45, 7) is 4.64. The summed E-state index contributed by atoms with van der Waals surface area (Å²) < 4.78 is 27.5. The van der Waals surface area contributed by atoms with Gasteiger partial charge in [-0.25, -0.2) is 0 Å². The van der Waals surface area contributed by atoms with Gasteiger partial charge in [-0.15, -0.1) is 0 Å². The Balaban J connectivity index is 1.71. The molecule has 0 saturated carbocycles. The first-order valence-electron chi connectivity index (χ1n) is 12.0. The maximum Gasteiger partial charge on any atom is 0.308 e. The second-order valence-electron chi connectivity index (χ2n) is 8.28. The van der Waals surface area contributed by atoms with Gasteiger partial charge in [0.2, 0.25) is 12.4 Å². The molecule has 1 aromatic carbocycles. The van der Waals surface area contributed by atoms with Crippen molar-refractivity contribution in [1.29, 1.82) is 0 Å². The highest BCUT2D eigenvalue weighted by Gasteiger charge is 2.49. The average Bonchev–Trinajstić information content (AvgIpc) is 3.28. The first-order valence-corrected chi connectivity index (χ1v) is 12.0. The number of carbonyl (C=O) groups is 4. The summed E-state index contributed by atoms with van der Waals surface area (Å²) in [4.78, 5) is 48.9. The number of esters is 4. The highest BCUT2D eigenvalue weighted by atomic mass is 16.7. The molecule has 2 aliphatic rings. The maximum absolute atomic E-state index is 12.7. The zero-order chi connectivity index (χ0) is 25.4. The normalized spacial score (nSPS) is 23.0. The van der Waals surface area contributed by atoms with Crippen LogP contribution >= 0.6 is 0 Å². The molecule has 0 spiro atoms. The Hall–Kier alpha value is -3.20. The van der Waals surface area contributed by atoms with E-state index >= 15 is 0 Å². The van der Waals surface area contributed by atoms with Gasteiger partial charge in [-0.05, 0) is 29.5 Å². The zero-order valence-corrected chi connectivity index (χ0v) is 20.3.